The molecular formula is C28H38N6O4S. The summed E-state index contributed by atoms with van der Waals surface area (Å²) >= 11 is 0. The molecule has 0 N–H and O–H groups in total. The van der Waals surface area contributed by atoms with Crippen molar-refractivity contribution in [3.8, 4) is 11.1 Å². The Kier molecular flexibility index (Phi) is 8.06. The van der Waals surface area contributed by atoms with Crippen molar-refractivity contribution in [2.75, 3.05) is 61.9 Å². The first-order chi connectivity index (χ1) is 18.7. The van der Waals surface area contributed by atoms with E-state index in [1.165, 1.54) is 6.26 Å². The van der Waals surface area contributed by atoms with Gasteiger partial charge >= 0.3 is 0 Å². The van der Waals surface area contributed by atoms with E-state index in [1.807, 2.05) is 34.3 Å². The van der Waals surface area contributed by atoms with E-state index in [1.54, 1.807) is 4.90 Å². The first kappa shape index (κ1) is 27.4. The third kappa shape index (κ3) is 6.18. The molecule has 0 bridgehead atoms. The lowest BCUT2D eigenvalue weighted by Crippen LogP contribution is -2.56. The van der Waals surface area contributed by atoms with Gasteiger partial charge in [0.1, 0.15) is 9.84 Å². The zero-order chi connectivity index (χ0) is 27.6. The van der Waals surface area contributed by atoms with E-state index in [0.29, 0.717) is 64.5 Å². The maximum absolute atomic E-state index is 13.0. The molecule has 3 aliphatic rings. The van der Waals surface area contributed by atoms with Gasteiger partial charge < -0.3 is 19.6 Å². The SMILES string of the molecule is CC1CN(c2ccccc2-c2cnc(N3CCC(S(C)(=O)=O)CC3)nc2)CCN1C(=O)CN1CCCCC1=O. The fourth-order valence-electron chi connectivity index (χ4n) is 5.93. The summed E-state index contributed by atoms with van der Waals surface area (Å²) in [6.07, 6.45) is 8.58. The third-order valence-corrected chi connectivity index (χ3v) is 9.90. The highest BCUT2D eigenvalue weighted by atomic mass is 32.2. The molecule has 0 saturated carbocycles. The number of likely N-dealkylation sites (tertiary alicyclic amines) is 1. The highest BCUT2D eigenvalue weighted by Gasteiger charge is 2.31. The van der Waals surface area contributed by atoms with Crippen molar-refractivity contribution in [2.24, 2.45) is 0 Å². The summed E-state index contributed by atoms with van der Waals surface area (Å²) in [5.74, 6) is 0.729. The van der Waals surface area contributed by atoms with Crippen LogP contribution in [0.25, 0.3) is 11.1 Å². The number of rotatable bonds is 6. The molecule has 1 aromatic carbocycles. The molecule has 1 atom stereocenters. The summed E-state index contributed by atoms with van der Waals surface area (Å²) in [4.78, 5) is 42.4. The maximum atomic E-state index is 13.0. The minimum atomic E-state index is -3.02. The van der Waals surface area contributed by atoms with Crippen LogP contribution in [0.2, 0.25) is 0 Å². The molecule has 0 aliphatic carbocycles. The van der Waals surface area contributed by atoms with E-state index in [4.69, 9.17) is 0 Å². The Bertz CT molecular complexity index is 1290. The summed E-state index contributed by atoms with van der Waals surface area (Å²) in [6, 6.07) is 8.20. The van der Waals surface area contributed by atoms with Gasteiger partial charge in [0.05, 0.1) is 11.8 Å². The van der Waals surface area contributed by atoms with Gasteiger partial charge in [-0.3, -0.25) is 9.59 Å². The van der Waals surface area contributed by atoms with Crippen LogP contribution in [0.3, 0.4) is 0 Å². The van der Waals surface area contributed by atoms with Gasteiger partial charge in [-0.15, -0.1) is 0 Å². The molecule has 0 radical (unpaired) electrons. The number of para-hydroxylation sites is 1. The lowest BCUT2D eigenvalue weighted by molar-refractivity contribution is -0.143. The fraction of sp³-hybridized carbons (Fsp3) is 0.571. The first-order valence-electron chi connectivity index (χ1n) is 13.9. The third-order valence-electron chi connectivity index (χ3n) is 8.22. The van der Waals surface area contributed by atoms with Crippen LogP contribution >= 0.6 is 0 Å². The van der Waals surface area contributed by atoms with Crippen molar-refractivity contribution in [1.82, 2.24) is 19.8 Å². The molecule has 4 heterocycles. The number of carbonyl (C=O) groups excluding carboxylic acids is 2. The van der Waals surface area contributed by atoms with Crippen LogP contribution < -0.4 is 9.80 Å². The van der Waals surface area contributed by atoms with Crippen LogP contribution in [0.4, 0.5) is 11.6 Å². The van der Waals surface area contributed by atoms with Crippen LogP contribution in [0.1, 0.15) is 39.0 Å². The Morgan fingerprint density at radius 2 is 1.69 bits per heavy atom. The van der Waals surface area contributed by atoms with Crippen molar-refractivity contribution in [3.05, 3.63) is 36.7 Å². The Balaban J connectivity index is 1.24. The molecular weight excluding hydrogens is 516 g/mol. The monoisotopic (exact) mass is 554 g/mol. The van der Waals surface area contributed by atoms with Crippen molar-refractivity contribution >= 4 is 33.3 Å². The van der Waals surface area contributed by atoms with Crippen LogP contribution in [-0.4, -0.2) is 103 Å². The summed E-state index contributed by atoms with van der Waals surface area (Å²) in [5.41, 5.74) is 3.02. The van der Waals surface area contributed by atoms with Gasteiger partial charge in [-0.2, -0.15) is 0 Å². The van der Waals surface area contributed by atoms with E-state index in [2.05, 4.69) is 33.9 Å². The number of anilines is 2. The zero-order valence-electron chi connectivity index (χ0n) is 22.8. The van der Waals surface area contributed by atoms with E-state index in [0.717, 1.165) is 29.7 Å². The normalized spacial score (nSPS) is 21.4. The van der Waals surface area contributed by atoms with Gasteiger partial charge in [-0.25, -0.2) is 18.4 Å². The van der Waals surface area contributed by atoms with Gasteiger partial charge in [0.2, 0.25) is 17.8 Å². The smallest absolute Gasteiger partial charge is 0.242 e. The molecule has 10 nitrogen and oxygen atoms in total. The summed E-state index contributed by atoms with van der Waals surface area (Å²) in [6.45, 7) is 6.17. The largest absolute Gasteiger partial charge is 0.367 e. The van der Waals surface area contributed by atoms with Gasteiger partial charge in [0.15, 0.2) is 0 Å². The van der Waals surface area contributed by atoms with Gasteiger partial charge in [-0.1, -0.05) is 18.2 Å². The van der Waals surface area contributed by atoms with Crippen LogP contribution in [0.15, 0.2) is 36.7 Å². The maximum Gasteiger partial charge on any atom is 0.242 e. The highest BCUT2D eigenvalue weighted by Crippen LogP contribution is 2.32. The molecule has 3 saturated heterocycles. The summed E-state index contributed by atoms with van der Waals surface area (Å²) in [7, 11) is -3.02. The first-order valence-corrected chi connectivity index (χ1v) is 15.8. The van der Waals surface area contributed by atoms with Gasteiger partial charge in [0.25, 0.3) is 0 Å². The zero-order valence-corrected chi connectivity index (χ0v) is 23.6. The number of hydrogen-bond donors (Lipinski definition) is 0. The number of hydrogen-bond acceptors (Lipinski definition) is 8. The van der Waals surface area contributed by atoms with Crippen molar-refractivity contribution in [1.29, 1.82) is 0 Å². The molecule has 5 rings (SSSR count). The molecule has 0 spiro atoms. The average molecular weight is 555 g/mol. The number of aromatic nitrogens is 2. The second-order valence-corrected chi connectivity index (χ2v) is 13.3. The Hall–Kier alpha value is -3.21. The van der Waals surface area contributed by atoms with E-state index in [9.17, 15) is 18.0 Å². The molecule has 39 heavy (non-hydrogen) atoms. The molecule has 1 aromatic heterocycles. The number of amides is 2. The molecule has 210 valence electrons. The van der Waals surface area contributed by atoms with E-state index < -0.39 is 9.84 Å². The number of sulfone groups is 1. The van der Waals surface area contributed by atoms with Crippen molar-refractivity contribution in [2.45, 2.75) is 50.3 Å². The number of nitrogens with zero attached hydrogens (tertiary/aromatic N) is 6. The predicted octanol–water partition coefficient (Wildman–Crippen LogP) is 2.21. The minimum absolute atomic E-state index is 0.0210. The van der Waals surface area contributed by atoms with E-state index >= 15 is 0 Å². The molecule has 3 fully saturated rings. The standard InChI is InChI=1S/C28H38N6O4S/c1-21-19-32(15-16-34(21)27(36)20-33-12-6-5-9-26(33)35)25-8-4-3-7-24(25)22-17-29-28(30-18-22)31-13-10-23(11-14-31)39(2,37)38/h3-4,7-8,17-18,21,23H,5-6,9-16,19-20H2,1-2H3. The summed E-state index contributed by atoms with van der Waals surface area (Å²) < 4.78 is 23.7. The minimum Gasteiger partial charge on any atom is -0.367 e. The molecule has 1 unspecified atom stereocenters. The Morgan fingerprint density at radius 3 is 2.36 bits per heavy atom. The predicted molar refractivity (Wildman–Crippen MR) is 151 cm³/mol. The second kappa shape index (κ2) is 11.5. The van der Waals surface area contributed by atoms with Gasteiger partial charge in [-0.05, 0) is 38.7 Å². The van der Waals surface area contributed by atoms with Crippen LogP contribution in [0, 0.1) is 0 Å². The van der Waals surface area contributed by atoms with E-state index in [-0.39, 0.29) is 29.7 Å². The number of carbonyl (C=O) groups is 2. The van der Waals surface area contributed by atoms with Gasteiger partial charge in [0, 0.05) is 87.2 Å². The van der Waals surface area contributed by atoms with Crippen LogP contribution in [0.5, 0.6) is 0 Å². The quantitative estimate of drug-likeness (QED) is 0.535. The lowest BCUT2D eigenvalue weighted by atomic mass is 10.0. The second-order valence-electron chi connectivity index (χ2n) is 11.0. The topological polar surface area (TPSA) is 107 Å². The average Bonchev–Trinajstić information content (AvgIpc) is 2.94. The van der Waals surface area contributed by atoms with Crippen LogP contribution in [-0.2, 0) is 19.4 Å². The Morgan fingerprint density at radius 1 is 0.974 bits per heavy atom. The highest BCUT2D eigenvalue weighted by molar-refractivity contribution is 7.91. The number of benzene rings is 1. The van der Waals surface area contributed by atoms with Crippen molar-refractivity contribution in [3.63, 3.8) is 0 Å². The Labute approximate surface area is 230 Å². The van der Waals surface area contributed by atoms with Crippen molar-refractivity contribution < 1.29 is 18.0 Å². The number of piperidine rings is 2. The number of piperazine rings is 1. The molecule has 11 heteroatoms. The molecule has 2 amide bonds. The summed E-state index contributed by atoms with van der Waals surface area (Å²) in [5, 5.41) is -0.287. The lowest BCUT2D eigenvalue weighted by Gasteiger charge is -2.42. The molecule has 3 aliphatic heterocycles. The fourth-order valence-corrected chi connectivity index (χ4v) is 7.00. The molecule has 2 aromatic rings.